The molecule has 0 aliphatic carbocycles. The van der Waals surface area contributed by atoms with Crippen LogP contribution < -0.4 is 5.32 Å². The molecule has 0 unspecified atom stereocenters. The lowest BCUT2D eigenvalue weighted by atomic mass is 10.1. The maximum absolute atomic E-state index is 12.7. The van der Waals surface area contributed by atoms with Crippen molar-refractivity contribution < 1.29 is 19.1 Å². The molecule has 0 bridgehead atoms. The monoisotopic (exact) mass is 259 g/mol. The summed E-state index contributed by atoms with van der Waals surface area (Å²) in [6.45, 7) is 0.0625. The van der Waals surface area contributed by atoms with Crippen LogP contribution in [0, 0.1) is 5.82 Å². The number of aliphatic carboxylic acids is 1. The SMILES string of the molecule is O=C(O)CCNC(=O)Cc1ccc(F)cc1Cl. The van der Waals surface area contributed by atoms with Crippen LogP contribution in [0.4, 0.5) is 4.39 Å². The number of halogens is 2. The van der Waals surface area contributed by atoms with Gasteiger partial charge in [0.15, 0.2) is 0 Å². The summed E-state index contributed by atoms with van der Waals surface area (Å²) >= 11 is 5.74. The van der Waals surface area contributed by atoms with E-state index in [1.807, 2.05) is 0 Å². The lowest BCUT2D eigenvalue weighted by molar-refractivity contribution is -0.136. The molecule has 1 aromatic rings. The van der Waals surface area contributed by atoms with Crippen molar-refractivity contribution in [2.24, 2.45) is 0 Å². The van der Waals surface area contributed by atoms with E-state index in [1.165, 1.54) is 12.1 Å². The van der Waals surface area contributed by atoms with Gasteiger partial charge in [-0.3, -0.25) is 9.59 Å². The number of benzene rings is 1. The maximum Gasteiger partial charge on any atom is 0.305 e. The summed E-state index contributed by atoms with van der Waals surface area (Å²) in [6.07, 6.45) is -0.137. The highest BCUT2D eigenvalue weighted by Crippen LogP contribution is 2.17. The van der Waals surface area contributed by atoms with Gasteiger partial charge in [-0.25, -0.2) is 4.39 Å². The van der Waals surface area contributed by atoms with Crippen LogP contribution in [0.25, 0.3) is 0 Å². The Balaban J connectivity index is 2.48. The van der Waals surface area contributed by atoms with Gasteiger partial charge in [0.05, 0.1) is 12.8 Å². The number of rotatable bonds is 5. The summed E-state index contributed by atoms with van der Waals surface area (Å²) in [5, 5.41) is 11.0. The molecule has 0 saturated heterocycles. The average Bonchev–Trinajstić information content (AvgIpc) is 2.21. The van der Waals surface area contributed by atoms with Crippen molar-refractivity contribution in [2.75, 3.05) is 6.54 Å². The molecule has 0 aromatic heterocycles. The van der Waals surface area contributed by atoms with Gasteiger partial charge < -0.3 is 10.4 Å². The van der Waals surface area contributed by atoms with E-state index in [-0.39, 0.29) is 30.3 Å². The van der Waals surface area contributed by atoms with Crippen LogP contribution in [0.3, 0.4) is 0 Å². The van der Waals surface area contributed by atoms with E-state index in [9.17, 15) is 14.0 Å². The zero-order chi connectivity index (χ0) is 12.8. The fourth-order valence-corrected chi connectivity index (χ4v) is 1.44. The van der Waals surface area contributed by atoms with Gasteiger partial charge in [0.1, 0.15) is 5.82 Å². The Labute approximate surface area is 102 Å². The fourth-order valence-electron chi connectivity index (χ4n) is 1.21. The van der Waals surface area contributed by atoms with Crippen LogP contribution in [-0.4, -0.2) is 23.5 Å². The molecule has 0 radical (unpaired) electrons. The molecule has 1 aromatic carbocycles. The van der Waals surface area contributed by atoms with Crippen molar-refractivity contribution >= 4 is 23.5 Å². The molecule has 0 heterocycles. The van der Waals surface area contributed by atoms with Crippen LogP contribution in [-0.2, 0) is 16.0 Å². The molecule has 1 rings (SSSR count). The Morgan fingerprint density at radius 2 is 2.12 bits per heavy atom. The molecule has 6 heteroatoms. The number of hydrogen-bond acceptors (Lipinski definition) is 2. The zero-order valence-corrected chi connectivity index (χ0v) is 9.63. The van der Waals surface area contributed by atoms with Crippen molar-refractivity contribution in [1.29, 1.82) is 0 Å². The molecule has 1 amide bonds. The second kappa shape index (κ2) is 6.20. The minimum Gasteiger partial charge on any atom is -0.481 e. The van der Waals surface area contributed by atoms with Gasteiger partial charge in [-0.05, 0) is 17.7 Å². The number of nitrogens with one attached hydrogen (secondary N) is 1. The first kappa shape index (κ1) is 13.4. The number of carboxylic acids is 1. The predicted molar refractivity (Wildman–Crippen MR) is 60.4 cm³/mol. The molecule has 0 spiro atoms. The first-order chi connectivity index (χ1) is 7.99. The van der Waals surface area contributed by atoms with E-state index in [0.717, 1.165) is 6.07 Å². The van der Waals surface area contributed by atoms with Crippen LogP contribution in [0.1, 0.15) is 12.0 Å². The highest BCUT2D eigenvalue weighted by Gasteiger charge is 2.08. The molecule has 92 valence electrons. The van der Waals surface area contributed by atoms with Crippen LogP contribution >= 0.6 is 11.6 Å². The molecular formula is C11H11ClFNO3. The number of carbonyl (C=O) groups excluding carboxylic acids is 1. The predicted octanol–water partition coefficient (Wildman–Crippen LogP) is 1.61. The summed E-state index contributed by atoms with van der Waals surface area (Å²) < 4.78 is 12.7. The summed E-state index contributed by atoms with van der Waals surface area (Å²) in [4.78, 5) is 21.6. The van der Waals surface area contributed by atoms with Crippen molar-refractivity contribution in [2.45, 2.75) is 12.8 Å². The third-order valence-electron chi connectivity index (χ3n) is 2.03. The van der Waals surface area contributed by atoms with Crippen molar-refractivity contribution in [3.05, 3.63) is 34.6 Å². The van der Waals surface area contributed by atoms with Gasteiger partial charge in [0, 0.05) is 11.6 Å². The van der Waals surface area contributed by atoms with E-state index >= 15 is 0 Å². The topological polar surface area (TPSA) is 66.4 Å². The number of amides is 1. The highest BCUT2D eigenvalue weighted by atomic mass is 35.5. The van der Waals surface area contributed by atoms with Gasteiger partial charge in [-0.15, -0.1) is 0 Å². The Bertz CT molecular complexity index is 437. The van der Waals surface area contributed by atoms with E-state index in [2.05, 4.69) is 5.32 Å². The quantitative estimate of drug-likeness (QED) is 0.844. The molecule has 0 atom stereocenters. The standard InChI is InChI=1S/C11H11ClFNO3/c12-9-6-8(13)2-1-7(9)5-10(15)14-4-3-11(16)17/h1-2,6H,3-5H2,(H,14,15)(H,16,17). The molecular weight excluding hydrogens is 249 g/mol. The lowest BCUT2D eigenvalue weighted by Crippen LogP contribution is -2.27. The van der Waals surface area contributed by atoms with Gasteiger partial charge in [-0.2, -0.15) is 0 Å². The highest BCUT2D eigenvalue weighted by molar-refractivity contribution is 6.31. The molecule has 0 aliphatic heterocycles. The average molecular weight is 260 g/mol. The van der Waals surface area contributed by atoms with Crippen LogP contribution in [0.15, 0.2) is 18.2 Å². The van der Waals surface area contributed by atoms with Crippen LogP contribution in [0.5, 0.6) is 0 Å². The minimum atomic E-state index is -0.981. The Kier molecular flexibility index (Phi) is 4.90. The first-order valence-corrected chi connectivity index (χ1v) is 5.29. The number of hydrogen-bond donors (Lipinski definition) is 2. The Hall–Kier alpha value is -1.62. The summed E-state index contributed by atoms with van der Waals surface area (Å²) in [6, 6.07) is 3.77. The molecule has 4 nitrogen and oxygen atoms in total. The minimum absolute atomic E-state index is 0.00126. The smallest absolute Gasteiger partial charge is 0.305 e. The van der Waals surface area contributed by atoms with E-state index < -0.39 is 11.8 Å². The van der Waals surface area contributed by atoms with Gasteiger partial charge in [-0.1, -0.05) is 17.7 Å². The largest absolute Gasteiger partial charge is 0.481 e. The van der Waals surface area contributed by atoms with Crippen LogP contribution in [0.2, 0.25) is 5.02 Å². The van der Waals surface area contributed by atoms with Crippen molar-refractivity contribution in [3.63, 3.8) is 0 Å². The summed E-state index contributed by atoms with van der Waals surface area (Å²) in [7, 11) is 0. The zero-order valence-electron chi connectivity index (χ0n) is 8.87. The van der Waals surface area contributed by atoms with Gasteiger partial charge in [0.25, 0.3) is 0 Å². The third kappa shape index (κ3) is 4.82. The van der Waals surface area contributed by atoms with Gasteiger partial charge >= 0.3 is 5.97 Å². The van der Waals surface area contributed by atoms with E-state index in [1.54, 1.807) is 0 Å². The van der Waals surface area contributed by atoms with E-state index in [0.29, 0.717) is 5.56 Å². The summed E-state index contributed by atoms with van der Waals surface area (Å²) in [5.74, 6) is -1.80. The van der Waals surface area contributed by atoms with Crippen molar-refractivity contribution in [1.82, 2.24) is 5.32 Å². The number of carbonyl (C=O) groups is 2. The lowest BCUT2D eigenvalue weighted by Gasteiger charge is -2.05. The fraction of sp³-hybridized carbons (Fsp3) is 0.273. The Morgan fingerprint density at radius 1 is 1.41 bits per heavy atom. The second-order valence-electron chi connectivity index (χ2n) is 3.41. The second-order valence-corrected chi connectivity index (χ2v) is 3.81. The third-order valence-corrected chi connectivity index (χ3v) is 2.38. The molecule has 2 N–H and O–H groups in total. The Morgan fingerprint density at radius 3 is 2.71 bits per heavy atom. The van der Waals surface area contributed by atoms with E-state index in [4.69, 9.17) is 16.7 Å². The molecule has 0 aliphatic rings. The molecule has 0 saturated carbocycles. The maximum atomic E-state index is 12.7. The van der Waals surface area contributed by atoms with Gasteiger partial charge in [0.2, 0.25) is 5.91 Å². The first-order valence-electron chi connectivity index (χ1n) is 4.91. The molecule has 0 fully saturated rings. The van der Waals surface area contributed by atoms with Crippen molar-refractivity contribution in [3.8, 4) is 0 Å². The normalized spacial score (nSPS) is 10.0. The summed E-state index contributed by atoms with van der Waals surface area (Å²) in [5.41, 5.74) is 0.501. The molecule has 17 heavy (non-hydrogen) atoms. The number of carboxylic acid groups (broad SMARTS) is 1.